The molecule has 1 N–H and O–H groups in total. The number of rotatable bonds is 4. The molecule has 1 saturated heterocycles. The molecule has 4 nitrogen and oxygen atoms in total. The van der Waals surface area contributed by atoms with Crippen molar-refractivity contribution in [3.63, 3.8) is 0 Å². The van der Waals surface area contributed by atoms with Crippen molar-refractivity contribution in [1.29, 1.82) is 0 Å². The molecule has 106 valence electrons. The molecule has 3 rings (SSSR count). The van der Waals surface area contributed by atoms with Gasteiger partial charge in [0.1, 0.15) is 0 Å². The highest BCUT2D eigenvalue weighted by Crippen LogP contribution is 2.45. The Labute approximate surface area is 115 Å². The van der Waals surface area contributed by atoms with Crippen LogP contribution in [0.4, 0.5) is 0 Å². The molecule has 2 fully saturated rings. The van der Waals surface area contributed by atoms with E-state index in [2.05, 4.69) is 35.1 Å². The minimum absolute atomic E-state index is 0.197. The smallest absolute Gasteiger partial charge is 0.0703 e. The molecule has 1 aromatic heterocycles. The molecule has 2 atom stereocenters. The molecule has 0 radical (unpaired) electrons. The highest BCUT2D eigenvalue weighted by atomic mass is 16.5. The molecule has 0 aromatic carbocycles. The summed E-state index contributed by atoms with van der Waals surface area (Å²) in [7, 11) is 0. The Morgan fingerprint density at radius 3 is 3.11 bits per heavy atom. The van der Waals surface area contributed by atoms with Gasteiger partial charge in [0.25, 0.3) is 0 Å². The van der Waals surface area contributed by atoms with Crippen molar-refractivity contribution >= 4 is 0 Å². The first kappa shape index (κ1) is 13.1. The fourth-order valence-electron chi connectivity index (χ4n) is 3.35. The summed E-state index contributed by atoms with van der Waals surface area (Å²) >= 11 is 0. The van der Waals surface area contributed by atoms with Crippen molar-refractivity contribution in [2.45, 2.75) is 63.6 Å². The number of hydrogen-bond acceptors (Lipinski definition) is 3. The Bertz CT molecular complexity index is 425. The quantitative estimate of drug-likeness (QED) is 0.908. The average molecular weight is 263 g/mol. The first-order valence-electron chi connectivity index (χ1n) is 7.64. The summed E-state index contributed by atoms with van der Waals surface area (Å²) in [5, 5.41) is 8.03. The summed E-state index contributed by atoms with van der Waals surface area (Å²) < 4.78 is 8.16. The van der Waals surface area contributed by atoms with E-state index in [9.17, 15) is 0 Å². The van der Waals surface area contributed by atoms with Gasteiger partial charge in [-0.1, -0.05) is 6.92 Å². The van der Waals surface area contributed by atoms with E-state index in [4.69, 9.17) is 4.74 Å². The first-order valence-corrected chi connectivity index (χ1v) is 7.64. The van der Waals surface area contributed by atoms with E-state index in [-0.39, 0.29) is 5.60 Å². The molecule has 2 heterocycles. The maximum atomic E-state index is 5.99. The molecule has 19 heavy (non-hydrogen) atoms. The minimum Gasteiger partial charge on any atom is -0.375 e. The standard InChI is InChI=1S/C15H25N3O/c1-3-16-12(2)13-10-17-18(11-13)14-5-8-19-15(9-14)6-4-7-15/h10-12,14,16H,3-9H2,1-2H3. The second-order valence-electron chi connectivity index (χ2n) is 6.06. The van der Waals surface area contributed by atoms with Crippen LogP contribution >= 0.6 is 0 Å². The molecule has 0 amide bonds. The normalized spacial score (nSPS) is 27.2. The van der Waals surface area contributed by atoms with Crippen LogP contribution in [-0.2, 0) is 4.74 Å². The van der Waals surface area contributed by atoms with Gasteiger partial charge in [0.05, 0.1) is 17.8 Å². The van der Waals surface area contributed by atoms with E-state index in [0.29, 0.717) is 12.1 Å². The lowest BCUT2D eigenvalue weighted by molar-refractivity contribution is -0.141. The molecule has 0 bridgehead atoms. The third kappa shape index (κ3) is 2.56. The highest BCUT2D eigenvalue weighted by Gasteiger charge is 2.43. The molecule has 4 heteroatoms. The van der Waals surface area contributed by atoms with E-state index >= 15 is 0 Å². The first-order chi connectivity index (χ1) is 9.22. The van der Waals surface area contributed by atoms with Gasteiger partial charge < -0.3 is 10.1 Å². The number of aromatic nitrogens is 2. The van der Waals surface area contributed by atoms with Crippen LogP contribution in [0, 0.1) is 0 Å². The van der Waals surface area contributed by atoms with Crippen molar-refractivity contribution in [1.82, 2.24) is 15.1 Å². The Kier molecular flexibility index (Phi) is 3.63. The van der Waals surface area contributed by atoms with Gasteiger partial charge in [-0.3, -0.25) is 4.68 Å². The van der Waals surface area contributed by atoms with Crippen molar-refractivity contribution < 1.29 is 4.74 Å². The summed E-state index contributed by atoms with van der Waals surface area (Å²) in [4.78, 5) is 0. The molecule has 1 aliphatic heterocycles. The van der Waals surface area contributed by atoms with Gasteiger partial charge in [-0.2, -0.15) is 5.10 Å². The fourth-order valence-corrected chi connectivity index (χ4v) is 3.35. The van der Waals surface area contributed by atoms with Crippen LogP contribution < -0.4 is 5.32 Å². The maximum Gasteiger partial charge on any atom is 0.0703 e. The van der Waals surface area contributed by atoms with Gasteiger partial charge >= 0.3 is 0 Å². The Morgan fingerprint density at radius 1 is 1.58 bits per heavy atom. The lowest BCUT2D eigenvalue weighted by Gasteiger charge is -2.47. The Hall–Kier alpha value is -0.870. The Balaban J connectivity index is 1.68. The van der Waals surface area contributed by atoms with Gasteiger partial charge in [0.2, 0.25) is 0 Å². The summed E-state index contributed by atoms with van der Waals surface area (Å²) in [6, 6.07) is 0.910. The molecule has 2 unspecified atom stereocenters. The predicted octanol–water partition coefficient (Wildman–Crippen LogP) is 2.83. The minimum atomic E-state index is 0.197. The van der Waals surface area contributed by atoms with Gasteiger partial charge in [0, 0.05) is 24.4 Å². The van der Waals surface area contributed by atoms with Crippen LogP contribution in [0.3, 0.4) is 0 Å². The van der Waals surface area contributed by atoms with Crippen molar-refractivity contribution in [3.8, 4) is 0 Å². The van der Waals surface area contributed by atoms with Gasteiger partial charge in [-0.25, -0.2) is 0 Å². The zero-order chi connectivity index (χ0) is 13.3. The van der Waals surface area contributed by atoms with Crippen LogP contribution in [-0.4, -0.2) is 28.5 Å². The SMILES string of the molecule is CCNC(C)c1cnn(C2CCOC3(CCC3)C2)c1. The number of nitrogens with zero attached hydrogens (tertiary/aromatic N) is 2. The van der Waals surface area contributed by atoms with Crippen LogP contribution in [0.1, 0.15) is 63.6 Å². The summed E-state index contributed by atoms with van der Waals surface area (Å²) in [6.07, 6.45) is 10.3. The van der Waals surface area contributed by atoms with E-state index in [1.807, 2.05) is 6.20 Å². The average Bonchev–Trinajstić information content (AvgIpc) is 2.87. The van der Waals surface area contributed by atoms with Crippen LogP contribution in [0.5, 0.6) is 0 Å². The van der Waals surface area contributed by atoms with Gasteiger partial charge in [0.15, 0.2) is 0 Å². The zero-order valence-corrected chi connectivity index (χ0v) is 12.1. The van der Waals surface area contributed by atoms with E-state index < -0.39 is 0 Å². The summed E-state index contributed by atoms with van der Waals surface area (Å²) in [5.41, 5.74) is 1.48. The van der Waals surface area contributed by atoms with Crippen molar-refractivity contribution in [2.24, 2.45) is 0 Å². The molecule has 1 aliphatic carbocycles. The maximum absolute atomic E-state index is 5.99. The largest absolute Gasteiger partial charge is 0.375 e. The summed E-state index contributed by atoms with van der Waals surface area (Å²) in [5.74, 6) is 0. The monoisotopic (exact) mass is 263 g/mol. The number of ether oxygens (including phenoxy) is 1. The highest BCUT2D eigenvalue weighted by molar-refractivity contribution is 5.10. The topological polar surface area (TPSA) is 39.1 Å². The lowest BCUT2D eigenvalue weighted by atomic mass is 9.74. The predicted molar refractivity (Wildman–Crippen MR) is 75.1 cm³/mol. The fraction of sp³-hybridized carbons (Fsp3) is 0.800. The van der Waals surface area contributed by atoms with Crippen LogP contribution in [0.15, 0.2) is 12.4 Å². The molecule has 1 aromatic rings. The molecule has 1 spiro atoms. The third-order valence-corrected chi connectivity index (χ3v) is 4.74. The van der Waals surface area contributed by atoms with E-state index in [0.717, 1.165) is 26.0 Å². The molecular formula is C15H25N3O. The van der Waals surface area contributed by atoms with Gasteiger partial charge in [-0.15, -0.1) is 0 Å². The Morgan fingerprint density at radius 2 is 2.42 bits per heavy atom. The van der Waals surface area contributed by atoms with Gasteiger partial charge in [-0.05, 0) is 45.6 Å². The van der Waals surface area contributed by atoms with Crippen LogP contribution in [0.25, 0.3) is 0 Å². The van der Waals surface area contributed by atoms with Crippen LogP contribution in [0.2, 0.25) is 0 Å². The van der Waals surface area contributed by atoms with Crippen molar-refractivity contribution in [2.75, 3.05) is 13.2 Å². The number of hydrogen-bond donors (Lipinski definition) is 1. The van der Waals surface area contributed by atoms with E-state index in [1.54, 1.807) is 0 Å². The van der Waals surface area contributed by atoms with Crippen molar-refractivity contribution in [3.05, 3.63) is 18.0 Å². The van der Waals surface area contributed by atoms with E-state index in [1.165, 1.54) is 24.8 Å². The molecular weight excluding hydrogens is 238 g/mol. The zero-order valence-electron chi connectivity index (χ0n) is 12.1. The molecule has 1 saturated carbocycles. The lowest BCUT2D eigenvalue weighted by Crippen LogP contribution is -2.46. The summed E-state index contributed by atoms with van der Waals surface area (Å²) in [6.45, 7) is 6.22. The third-order valence-electron chi connectivity index (χ3n) is 4.74. The second-order valence-corrected chi connectivity index (χ2v) is 6.06. The second kappa shape index (κ2) is 5.25. The molecule has 2 aliphatic rings. The number of nitrogens with one attached hydrogen (secondary N) is 1.